The molecule has 3 heterocycles. The first-order chi connectivity index (χ1) is 13.2. The number of piperidine rings is 3. The highest BCUT2D eigenvalue weighted by molar-refractivity contribution is 5.98. The Labute approximate surface area is 159 Å². The molecule has 3 aliphatic heterocycles. The van der Waals surface area contributed by atoms with Crippen LogP contribution in [0.2, 0.25) is 0 Å². The van der Waals surface area contributed by atoms with E-state index in [2.05, 4.69) is 10.2 Å². The Kier molecular flexibility index (Phi) is 4.94. The Balaban J connectivity index is 1.49. The van der Waals surface area contributed by atoms with Crippen molar-refractivity contribution in [3.05, 3.63) is 59.7 Å². The van der Waals surface area contributed by atoms with Crippen LogP contribution in [-0.2, 0) is 4.74 Å². The number of ether oxygens (including phenoxy) is 1. The van der Waals surface area contributed by atoms with E-state index in [-0.39, 0.29) is 17.9 Å². The zero-order valence-electron chi connectivity index (χ0n) is 15.5. The highest BCUT2D eigenvalue weighted by Crippen LogP contribution is 2.28. The molecule has 0 radical (unpaired) electrons. The SMILES string of the molecule is COC(=O)c1ccccc1-c1ccc(C(=O)N[C@H]2CN3CCC2CC3)cc1. The molecular weight excluding hydrogens is 340 g/mol. The number of benzene rings is 2. The van der Waals surface area contributed by atoms with E-state index in [1.165, 1.54) is 20.0 Å². The van der Waals surface area contributed by atoms with E-state index in [9.17, 15) is 9.59 Å². The van der Waals surface area contributed by atoms with Crippen LogP contribution in [0, 0.1) is 5.92 Å². The van der Waals surface area contributed by atoms with E-state index < -0.39 is 0 Å². The van der Waals surface area contributed by atoms with Crippen LogP contribution in [0.4, 0.5) is 0 Å². The largest absolute Gasteiger partial charge is 0.465 e. The maximum Gasteiger partial charge on any atom is 0.338 e. The first-order valence-electron chi connectivity index (χ1n) is 9.46. The van der Waals surface area contributed by atoms with Crippen molar-refractivity contribution in [3.63, 3.8) is 0 Å². The summed E-state index contributed by atoms with van der Waals surface area (Å²) in [5.41, 5.74) is 2.85. The first-order valence-corrected chi connectivity index (χ1v) is 9.46. The van der Waals surface area contributed by atoms with Gasteiger partial charge in [-0.3, -0.25) is 4.79 Å². The monoisotopic (exact) mass is 364 g/mol. The van der Waals surface area contributed by atoms with Crippen molar-refractivity contribution in [3.8, 4) is 11.1 Å². The molecule has 0 aromatic heterocycles. The third-order valence-electron chi connectivity index (χ3n) is 5.76. The number of esters is 1. The van der Waals surface area contributed by atoms with Crippen LogP contribution in [0.5, 0.6) is 0 Å². The zero-order valence-corrected chi connectivity index (χ0v) is 15.5. The van der Waals surface area contributed by atoms with Gasteiger partial charge in [-0.2, -0.15) is 0 Å². The zero-order chi connectivity index (χ0) is 18.8. The van der Waals surface area contributed by atoms with Crippen LogP contribution >= 0.6 is 0 Å². The Morgan fingerprint density at radius 3 is 2.37 bits per heavy atom. The Morgan fingerprint density at radius 1 is 1.04 bits per heavy atom. The van der Waals surface area contributed by atoms with E-state index in [0.717, 1.165) is 30.8 Å². The average molecular weight is 364 g/mol. The van der Waals surface area contributed by atoms with Crippen LogP contribution in [0.15, 0.2) is 48.5 Å². The van der Waals surface area contributed by atoms with Gasteiger partial charge in [0.2, 0.25) is 0 Å². The van der Waals surface area contributed by atoms with Crippen LogP contribution in [0.3, 0.4) is 0 Å². The molecule has 2 bridgehead atoms. The molecule has 5 heteroatoms. The summed E-state index contributed by atoms with van der Waals surface area (Å²) >= 11 is 0. The van der Waals surface area contributed by atoms with Crippen LogP contribution in [0.1, 0.15) is 33.6 Å². The molecular formula is C22H24N2O3. The standard InChI is InChI=1S/C22H24N2O3/c1-27-22(26)19-5-3-2-4-18(19)15-6-8-17(9-7-15)21(25)23-20-14-24-12-10-16(20)11-13-24/h2-9,16,20H,10-14H2,1H3,(H,23,25)/t20-/m0/s1. The third kappa shape index (κ3) is 3.60. The summed E-state index contributed by atoms with van der Waals surface area (Å²) in [6.45, 7) is 3.28. The minimum Gasteiger partial charge on any atom is -0.465 e. The lowest BCUT2D eigenvalue weighted by atomic mass is 9.84. The molecule has 1 N–H and O–H groups in total. The second-order valence-electron chi connectivity index (χ2n) is 7.33. The summed E-state index contributed by atoms with van der Waals surface area (Å²) in [4.78, 5) is 27.1. The molecule has 1 atom stereocenters. The highest BCUT2D eigenvalue weighted by Gasteiger charge is 2.34. The normalized spacial score (nSPS) is 23.7. The summed E-state index contributed by atoms with van der Waals surface area (Å²) in [7, 11) is 1.38. The summed E-state index contributed by atoms with van der Waals surface area (Å²) in [6, 6.07) is 15.0. The lowest BCUT2D eigenvalue weighted by molar-refractivity contribution is 0.0600. The molecule has 0 aliphatic carbocycles. The number of hydrogen-bond acceptors (Lipinski definition) is 4. The van der Waals surface area contributed by atoms with Gasteiger partial charge in [0.1, 0.15) is 0 Å². The fourth-order valence-corrected chi connectivity index (χ4v) is 4.20. The van der Waals surface area contributed by atoms with E-state index in [1.54, 1.807) is 6.07 Å². The summed E-state index contributed by atoms with van der Waals surface area (Å²) in [6.07, 6.45) is 2.35. The van der Waals surface area contributed by atoms with E-state index in [4.69, 9.17) is 4.74 Å². The molecule has 0 unspecified atom stereocenters. The van der Waals surface area contributed by atoms with Crippen LogP contribution in [0.25, 0.3) is 11.1 Å². The lowest BCUT2D eigenvalue weighted by Gasteiger charge is -2.44. The first kappa shape index (κ1) is 17.7. The van der Waals surface area contributed by atoms with Crippen LogP contribution < -0.4 is 5.32 Å². The molecule has 2 aromatic rings. The molecule has 27 heavy (non-hydrogen) atoms. The van der Waals surface area contributed by atoms with Crippen molar-refractivity contribution in [2.24, 2.45) is 5.92 Å². The molecule has 140 valence electrons. The van der Waals surface area contributed by atoms with Gasteiger partial charge in [0.15, 0.2) is 0 Å². The summed E-state index contributed by atoms with van der Waals surface area (Å²) in [5.74, 6) is 0.210. The number of carbonyl (C=O) groups excluding carboxylic acids is 2. The van der Waals surface area contributed by atoms with Gasteiger partial charge in [-0.05, 0) is 61.2 Å². The van der Waals surface area contributed by atoms with Crippen molar-refractivity contribution in [2.45, 2.75) is 18.9 Å². The molecule has 5 rings (SSSR count). The second-order valence-corrected chi connectivity index (χ2v) is 7.33. The van der Waals surface area contributed by atoms with Gasteiger partial charge in [0.05, 0.1) is 12.7 Å². The van der Waals surface area contributed by atoms with Gasteiger partial charge in [-0.25, -0.2) is 4.79 Å². The molecule has 5 nitrogen and oxygen atoms in total. The maximum absolute atomic E-state index is 12.7. The fraction of sp³-hybridized carbons (Fsp3) is 0.364. The van der Waals surface area contributed by atoms with Gasteiger partial charge in [0, 0.05) is 18.2 Å². The Hall–Kier alpha value is -2.66. The average Bonchev–Trinajstić information content (AvgIpc) is 2.74. The second kappa shape index (κ2) is 7.53. The van der Waals surface area contributed by atoms with E-state index >= 15 is 0 Å². The van der Waals surface area contributed by atoms with Gasteiger partial charge in [-0.1, -0.05) is 30.3 Å². The smallest absolute Gasteiger partial charge is 0.338 e. The maximum atomic E-state index is 12.7. The number of nitrogens with one attached hydrogen (secondary N) is 1. The van der Waals surface area contributed by atoms with Gasteiger partial charge in [0.25, 0.3) is 5.91 Å². The van der Waals surface area contributed by atoms with Gasteiger partial charge in [-0.15, -0.1) is 0 Å². The number of amides is 1. The fourth-order valence-electron chi connectivity index (χ4n) is 4.20. The Morgan fingerprint density at radius 2 is 1.74 bits per heavy atom. The van der Waals surface area contributed by atoms with Gasteiger partial charge >= 0.3 is 5.97 Å². The minimum absolute atomic E-state index is 0.0263. The number of nitrogens with zero attached hydrogens (tertiary/aromatic N) is 1. The number of carbonyl (C=O) groups is 2. The van der Waals surface area contributed by atoms with Crippen molar-refractivity contribution in [1.82, 2.24) is 10.2 Å². The summed E-state index contributed by atoms with van der Waals surface area (Å²) < 4.78 is 4.86. The van der Waals surface area contributed by atoms with Crippen molar-refractivity contribution < 1.29 is 14.3 Å². The molecule has 3 fully saturated rings. The van der Waals surface area contributed by atoms with Crippen LogP contribution in [-0.4, -0.2) is 49.6 Å². The lowest BCUT2D eigenvalue weighted by Crippen LogP contribution is -2.57. The Bertz CT molecular complexity index is 839. The molecule has 3 saturated heterocycles. The number of rotatable bonds is 4. The topological polar surface area (TPSA) is 58.6 Å². The van der Waals surface area contributed by atoms with E-state index in [1.807, 2.05) is 42.5 Å². The number of hydrogen-bond donors (Lipinski definition) is 1. The minimum atomic E-state index is -0.366. The van der Waals surface area contributed by atoms with E-state index in [0.29, 0.717) is 17.0 Å². The third-order valence-corrected chi connectivity index (χ3v) is 5.76. The molecule has 0 spiro atoms. The highest BCUT2D eigenvalue weighted by atomic mass is 16.5. The molecule has 2 aromatic carbocycles. The number of methoxy groups -OCH3 is 1. The molecule has 0 saturated carbocycles. The predicted octanol–water partition coefficient (Wildman–Crippen LogP) is 2.96. The summed E-state index contributed by atoms with van der Waals surface area (Å²) in [5, 5.41) is 3.21. The quantitative estimate of drug-likeness (QED) is 0.848. The van der Waals surface area contributed by atoms with Crippen molar-refractivity contribution in [1.29, 1.82) is 0 Å². The predicted molar refractivity (Wildman–Crippen MR) is 104 cm³/mol. The number of fused-ring (bicyclic) bond motifs is 3. The van der Waals surface area contributed by atoms with Crippen molar-refractivity contribution in [2.75, 3.05) is 26.7 Å². The molecule has 3 aliphatic rings. The molecule has 1 amide bonds. The van der Waals surface area contributed by atoms with Gasteiger partial charge < -0.3 is 15.0 Å². The van der Waals surface area contributed by atoms with Crippen molar-refractivity contribution >= 4 is 11.9 Å².